The minimum Gasteiger partial charge on any atom is -0.348 e. The third-order valence-corrected chi connectivity index (χ3v) is 3.40. The summed E-state index contributed by atoms with van der Waals surface area (Å²) in [5.74, 6) is 2.22. The normalized spacial score (nSPS) is 12.7. The van der Waals surface area contributed by atoms with Crippen molar-refractivity contribution in [2.75, 3.05) is 12.0 Å². The first-order valence-electron chi connectivity index (χ1n) is 6.56. The smallest absolute Gasteiger partial charge is 0.237 e. The molecule has 1 aromatic rings. The largest absolute Gasteiger partial charge is 0.348 e. The highest BCUT2D eigenvalue weighted by Gasteiger charge is 2.13. The maximum Gasteiger partial charge on any atom is 0.237 e. The Bertz CT molecular complexity index is 392. The molecule has 0 saturated heterocycles. The second-order valence-electron chi connectivity index (χ2n) is 5.00. The van der Waals surface area contributed by atoms with Crippen molar-refractivity contribution >= 4 is 17.7 Å². The molecule has 0 spiro atoms. The summed E-state index contributed by atoms with van der Waals surface area (Å²) < 4.78 is 2.07. The number of aromatic nitrogens is 2. The van der Waals surface area contributed by atoms with Crippen LogP contribution in [0.5, 0.6) is 0 Å². The summed E-state index contributed by atoms with van der Waals surface area (Å²) >= 11 is 1.70. The number of thioether (sulfide) groups is 1. The highest BCUT2D eigenvalue weighted by atomic mass is 32.2. The third kappa shape index (κ3) is 5.65. The summed E-state index contributed by atoms with van der Waals surface area (Å²) in [7, 11) is 0. The van der Waals surface area contributed by atoms with Crippen molar-refractivity contribution in [3.8, 4) is 0 Å². The molecule has 6 heteroatoms. The molecule has 0 aliphatic rings. The van der Waals surface area contributed by atoms with Crippen LogP contribution < -0.4 is 11.1 Å². The SMILES string of the molecule is CSCC[C@H](N)C(=O)NCc1nccn1CC(C)C. The zero-order chi connectivity index (χ0) is 14.3. The Morgan fingerprint density at radius 3 is 2.95 bits per heavy atom. The van der Waals surface area contributed by atoms with Gasteiger partial charge < -0.3 is 15.6 Å². The van der Waals surface area contributed by atoms with Gasteiger partial charge in [-0.25, -0.2) is 4.98 Å². The van der Waals surface area contributed by atoms with E-state index >= 15 is 0 Å². The van der Waals surface area contributed by atoms with Gasteiger partial charge in [0.2, 0.25) is 5.91 Å². The first-order chi connectivity index (χ1) is 9.04. The molecule has 0 fully saturated rings. The van der Waals surface area contributed by atoms with Crippen molar-refractivity contribution in [3.63, 3.8) is 0 Å². The van der Waals surface area contributed by atoms with Gasteiger partial charge in [0, 0.05) is 18.9 Å². The Kier molecular flexibility index (Phi) is 6.94. The lowest BCUT2D eigenvalue weighted by Crippen LogP contribution is -2.41. The fraction of sp³-hybridized carbons (Fsp3) is 0.692. The molecular formula is C13H24N4OS. The zero-order valence-electron chi connectivity index (χ0n) is 11.9. The quantitative estimate of drug-likeness (QED) is 0.753. The number of nitrogens with two attached hydrogens (primary N) is 1. The lowest BCUT2D eigenvalue weighted by molar-refractivity contribution is -0.122. The van der Waals surface area contributed by atoms with Crippen LogP contribution in [0, 0.1) is 5.92 Å². The van der Waals surface area contributed by atoms with Crippen LogP contribution in [0.15, 0.2) is 12.4 Å². The van der Waals surface area contributed by atoms with Crippen LogP contribution in [-0.2, 0) is 17.9 Å². The van der Waals surface area contributed by atoms with Crippen molar-refractivity contribution in [1.29, 1.82) is 0 Å². The molecule has 0 radical (unpaired) electrons. The minimum atomic E-state index is -0.430. The number of imidazole rings is 1. The lowest BCUT2D eigenvalue weighted by Gasteiger charge is -2.13. The Hall–Kier alpha value is -1.01. The van der Waals surface area contributed by atoms with Crippen LogP contribution in [0.3, 0.4) is 0 Å². The second kappa shape index (κ2) is 8.22. The third-order valence-electron chi connectivity index (χ3n) is 2.75. The number of carbonyl (C=O) groups excluding carboxylic acids is 1. The molecule has 0 unspecified atom stereocenters. The first kappa shape index (κ1) is 16.0. The van der Waals surface area contributed by atoms with E-state index in [-0.39, 0.29) is 5.91 Å². The molecule has 0 aromatic carbocycles. The highest BCUT2D eigenvalue weighted by Crippen LogP contribution is 2.04. The fourth-order valence-corrected chi connectivity index (χ4v) is 2.23. The number of hydrogen-bond donors (Lipinski definition) is 2. The van der Waals surface area contributed by atoms with E-state index in [4.69, 9.17) is 5.73 Å². The van der Waals surface area contributed by atoms with E-state index in [2.05, 4.69) is 28.7 Å². The summed E-state index contributed by atoms with van der Waals surface area (Å²) in [5, 5.41) is 2.85. The first-order valence-corrected chi connectivity index (χ1v) is 7.96. The van der Waals surface area contributed by atoms with Crippen molar-refractivity contribution in [3.05, 3.63) is 18.2 Å². The van der Waals surface area contributed by atoms with E-state index in [9.17, 15) is 4.79 Å². The van der Waals surface area contributed by atoms with E-state index in [0.717, 1.165) is 18.1 Å². The lowest BCUT2D eigenvalue weighted by atomic mass is 10.2. The number of nitrogens with one attached hydrogen (secondary N) is 1. The number of nitrogens with zero attached hydrogens (tertiary/aromatic N) is 2. The van der Waals surface area contributed by atoms with E-state index in [0.29, 0.717) is 18.9 Å². The summed E-state index contributed by atoms with van der Waals surface area (Å²) in [6.07, 6.45) is 6.41. The molecule has 1 rings (SSSR count). The molecule has 1 aromatic heterocycles. The molecule has 1 amide bonds. The van der Waals surface area contributed by atoms with Gasteiger partial charge in [0.05, 0.1) is 12.6 Å². The maximum absolute atomic E-state index is 11.8. The molecule has 0 aliphatic heterocycles. The molecule has 5 nitrogen and oxygen atoms in total. The van der Waals surface area contributed by atoms with Gasteiger partial charge in [-0.3, -0.25) is 4.79 Å². The Labute approximate surface area is 119 Å². The van der Waals surface area contributed by atoms with E-state index in [1.807, 2.05) is 12.5 Å². The molecule has 3 N–H and O–H groups in total. The molecular weight excluding hydrogens is 260 g/mol. The standard InChI is InChI=1S/C13H24N4OS/c1-10(2)9-17-6-5-15-12(17)8-16-13(18)11(14)4-7-19-3/h5-6,10-11H,4,7-9,14H2,1-3H3,(H,16,18)/t11-/m0/s1. The molecule has 0 aliphatic carbocycles. The summed E-state index contributed by atoms with van der Waals surface area (Å²) in [4.78, 5) is 16.1. The van der Waals surface area contributed by atoms with E-state index in [1.54, 1.807) is 18.0 Å². The van der Waals surface area contributed by atoms with Gasteiger partial charge in [-0.2, -0.15) is 11.8 Å². The van der Waals surface area contributed by atoms with Gasteiger partial charge in [0.25, 0.3) is 0 Å². The van der Waals surface area contributed by atoms with Crippen LogP contribution in [0.2, 0.25) is 0 Å². The molecule has 1 atom stereocenters. The number of rotatable bonds is 8. The average Bonchev–Trinajstić information content (AvgIpc) is 2.79. The molecule has 0 saturated carbocycles. The van der Waals surface area contributed by atoms with Crippen molar-refractivity contribution < 1.29 is 4.79 Å². The maximum atomic E-state index is 11.8. The van der Waals surface area contributed by atoms with Crippen molar-refractivity contribution in [1.82, 2.24) is 14.9 Å². The van der Waals surface area contributed by atoms with Gasteiger partial charge in [-0.05, 0) is 24.3 Å². The summed E-state index contributed by atoms with van der Waals surface area (Å²) in [6, 6.07) is -0.430. The predicted octanol–water partition coefficient (Wildman–Crippen LogP) is 1.24. The second-order valence-corrected chi connectivity index (χ2v) is 5.98. The van der Waals surface area contributed by atoms with Crippen LogP contribution in [0.1, 0.15) is 26.1 Å². The molecule has 19 heavy (non-hydrogen) atoms. The Morgan fingerprint density at radius 2 is 2.32 bits per heavy atom. The number of hydrogen-bond acceptors (Lipinski definition) is 4. The van der Waals surface area contributed by atoms with Crippen LogP contribution in [0.4, 0.5) is 0 Å². The monoisotopic (exact) mass is 284 g/mol. The summed E-state index contributed by atoms with van der Waals surface area (Å²) in [6.45, 7) is 5.65. The number of amides is 1. The Balaban J connectivity index is 2.43. The molecule has 108 valence electrons. The van der Waals surface area contributed by atoms with Gasteiger partial charge in [-0.15, -0.1) is 0 Å². The fourth-order valence-electron chi connectivity index (χ4n) is 1.74. The van der Waals surface area contributed by atoms with Crippen molar-refractivity contribution in [2.24, 2.45) is 11.7 Å². The predicted molar refractivity (Wildman–Crippen MR) is 79.9 cm³/mol. The highest BCUT2D eigenvalue weighted by molar-refractivity contribution is 7.98. The number of carbonyl (C=O) groups is 1. The van der Waals surface area contributed by atoms with Crippen molar-refractivity contribution in [2.45, 2.75) is 39.4 Å². The minimum absolute atomic E-state index is 0.104. The topological polar surface area (TPSA) is 72.9 Å². The van der Waals surface area contributed by atoms with Gasteiger partial charge in [0.1, 0.15) is 5.82 Å². The average molecular weight is 284 g/mol. The van der Waals surface area contributed by atoms with E-state index in [1.165, 1.54) is 0 Å². The Morgan fingerprint density at radius 1 is 1.58 bits per heavy atom. The van der Waals surface area contributed by atoms with E-state index < -0.39 is 6.04 Å². The summed E-state index contributed by atoms with van der Waals surface area (Å²) in [5.41, 5.74) is 5.81. The molecule has 0 bridgehead atoms. The van der Waals surface area contributed by atoms with Crippen LogP contribution in [0.25, 0.3) is 0 Å². The van der Waals surface area contributed by atoms with Gasteiger partial charge >= 0.3 is 0 Å². The van der Waals surface area contributed by atoms with Gasteiger partial charge in [0.15, 0.2) is 0 Å². The van der Waals surface area contributed by atoms with Gasteiger partial charge in [-0.1, -0.05) is 13.8 Å². The van der Waals surface area contributed by atoms with Crippen LogP contribution >= 0.6 is 11.8 Å². The van der Waals surface area contributed by atoms with Crippen LogP contribution in [-0.4, -0.2) is 33.5 Å². The molecule has 1 heterocycles. The zero-order valence-corrected chi connectivity index (χ0v) is 12.7.